The van der Waals surface area contributed by atoms with Gasteiger partial charge in [0.05, 0.1) is 24.9 Å². The smallest absolute Gasteiger partial charge is 0.409 e. The Bertz CT molecular complexity index is 1360. The molecule has 0 aliphatic heterocycles. The Morgan fingerprint density at radius 1 is 1.07 bits per heavy atom. The van der Waals surface area contributed by atoms with Crippen molar-refractivity contribution in [2.75, 3.05) is 19.7 Å². The van der Waals surface area contributed by atoms with Gasteiger partial charge in [0.2, 0.25) is 0 Å². The molecule has 43 heavy (non-hydrogen) atoms. The predicted octanol–water partition coefficient (Wildman–Crippen LogP) is 7.10. The number of halogens is 2. The van der Waals surface area contributed by atoms with Crippen molar-refractivity contribution in [3.8, 4) is 0 Å². The van der Waals surface area contributed by atoms with Crippen molar-refractivity contribution in [2.24, 2.45) is 5.41 Å². The largest absolute Gasteiger partial charge is 0.450 e. The minimum Gasteiger partial charge on any atom is -0.450 e. The highest BCUT2D eigenvalue weighted by molar-refractivity contribution is 6.10. The van der Waals surface area contributed by atoms with E-state index in [1.165, 1.54) is 11.6 Å². The Morgan fingerprint density at radius 3 is 2.53 bits per heavy atom. The molecular weight excluding hydrogens is 552 g/mol. The first-order valence-electron chi connectivity index (χ1n) is 15.5. The zero-order chi connectivity index (χ0) is 31.4. The van der Waals surface area contributed by atoms with Gasteiger partial charge in [-0.05, 0) is 107 Å². The van der Waals surface area contributed by atoms with Crippen LogP contribution in [-0.4, -0.2) is 58.4 Å². The molecule has 0 heterocycles. The van der Waals surface area contributed by atoms with Crippen LogP contribution in [0.2, 0.25) is 0 Å². The van der Waals surface area contributed by atoms with E-state index in [9.17, 15) is 28.6 Å². The molecule has 6 nitrogen and oxygen atoms in total. The van der Waals surface area contributed by atoms with Gasteiger partial charge in [-0.2, -0.15) is 0 Å². The van der Waals surface area contributed by atoms with E-state index in [1.54, 1.807) is 17.9 Å². The van der Waals surface area contributed by atoms with Crippen molar-refractivity contribution < 1.29 is 33.3 Å². The van der Waals surface area contributed by atoms with E-state index in [1.807, 2.05) is 26.0 Å². The third-order valence-corrected chi connectivity index (χ3v) is 9.57. The SMILES string of the molecule is CCCN(CC1(O)CCC2c3ccc(cc3C(=O)c3ccc(F)c(F)c3)CC(O)CCC(C)=CCCC21C)C(=O)OCC. The molecule has 2 bridgehead atoms. The van der Waals surface area contributed by atoms with Gasteiger partial charge < -0.3 is 19.8 Å². The van der Waals surface area contributed by atoms with E-state index in [0.717, 1.165) is 29.7 Å². The quantitative estimate of drug-likeness (QED) is 0.263. The van der Waals surface area contributed by atoms with Crippen LogP contribution >= 0.6 is 0 Å². The summed E-state index contributed by atoms with van der Waals surface area (Å²) in [5.41, 5.74) is 1.04. The number of hydrogen-bond donors (Lipinski definition) is 2. The number of aliphatic hydroxyl groups excluding tert-OH is 1. The number of aliphatic hydroxyl groups is 2. The van der Waals surface area contributed by atoms with E-state index < -0.39 is 40.6 Å². The molecule has 2 aromatic carbocycles. The van der Waals surface area contributed by atoms with Crippen LogP contribution in [0.3, 0.4) is 0 Å². The second kappa shape index (κ2) is 13.7. The molecule has 234 valence electrons. The van der Waals surface area contributed by atoms with Crippen molar-refractivity contribution in [3.63, 3.8) is 0 Å². The van der Waals surface area contributed by atoms with Gasteiger partial charge in [0, 0.05) is 23.1 Å². The number of amides is 1. The molecule has 2 N–H and O–H groups in total. The maximum atomic E-state index is 14.2. The first-order valence-corrected chi connectivity index (χ1v) is 15.5. The highest BCUT2D eigenvalue weighted by Crippen LogP contribution is 2.59. The molecule has 3 aliphatic carbocycles. The maximum Gasteiger partial charge on any atom is 0.409 e. The van der Waals surface area contributed by atoms with Crippen LogP contribution in [0.5, 0.6) is 0 Å². The lowest BCUT2D eigenvalue weighted by Crippen LogP contribution is -2.54. The molecule has 0 spiro atoms. The molecule has 1 fully saturated rings. The lowest BCUT2D eigenvalue weighted by atomic mass is 9.64. The zero-order valence-electron chi connectivity index (χ0n) is 25.8. The standard InChI is InChI=1S/C35H45F2NO5/c1-5-18-38(33(41)43-6-2)22-35(42)17-15-29-27-13-10-24(19-26(39)12-9-23(3)8-7-16-34(29,35)4)20-28(27)32(40)25-11-14-30(36)31(37)21-25/h8,10-11,13-14,20-21,26,29,39,42H,5-7,9,12,15-19,22H2,1-4H3. The monoisotopic (exact) mass is 597 g/mol. The number of fused-ring (bicyclic) bond motifs is 8. The van der Waals surface area contributed by atoms with E-state index in [0.29, 0.717) is 57.1 Å². The molecule has 4 atom stereocenters. The number of carbonyl (C=O) groups excluding carboxylic acids is 2. The Balaban J connectivity index is 1.84. The van der Waals surface area contributed by atoms with Gasteiger partial charge >= 0.3 is 6.09 Å². The Labute approximate surface area is 253 Å². The fraction of sp³-hybridized carbons (Fsp3) is 0.543. The first-order chi connectivity index (χ1) is 20.4. The maximum absolute atomic E-state index is 14.2. The topological polar surface area (TPSA) is 87.1 Å². The van der Waals surface area contributed by atoms with Crippen LogP contribution in [0.25, 0.3) is 0 Å². The summed E-state index contributed by atoms with van der Waals surface area (Å²) in [5, 5.41) is 23.2. The summed E-state index contributed by atoms with van der Waals surface area (Å²) in [7, 11) is 0. The number of nitrogens with zero attached hydrogens (tertiary/aromatic N) is 1. The number of carbonyl (C=O) groups is 2. The van der Waals surface area contributed by atoms with Gasteiger partial charge in [0.15, 0.2) is 17.4 Å². The first kappa shape index (κ1) is 32.8. The highest BCUT2D eigenvalue weighted by Gasteiger charge is 2.57. The fourth-order valence-electron chi connectivity index (χ4n) is 7.02. The second-order valence-corrected chi connectivity index (χ2v) is 12.5. The number of hydrogen-bond acceptors (Lipinski definition) is 5. The average Bonchev–Trinajstić information content (AvgIpc) is 3.22. The summed E-state index contributed by atoms with van der Waals surface area (Å²) >= 11 is 0. The zero-order valence-corrected chi connectivity index (χ0v) is 25.8. The molecule has 0 saturated heterocycles. The normalized spacial score (nSPS) is 25.9. The van der Waals surface area contributed by atoms with Crippen molar-refractivity contribution in [3.05, 3.63) is 81.9 Å². The molecule has 8 heteroatoms. The number of benzene rings is 2. The van der Waals surface area contributed by atoms with Crippen LogP contribution in [0.1, 0.15) is 106 Å². The van der Waals surface area contributed by atoms with E-state index >= 15 is 0 Å². The fourth-order valence-corrected chi connectivity index (χ4v) is 7.02. The molecule has 3 aliphatic rings. The molecular formula is C35H45F2NO5. The van der Waals surface area contributed by atoms with Crippen molar-refractivity contribution in [1.29, 1.82) is 0 Å². The summed E-state index contributed by atoms with van der Waals surface area (Å²) in [5.74, 6) is -2.83. The van der Waals surface area contributed by atoms with Crippen molar-refractivity contribution in [1.82, 2.24) is 4.90 Å². The van der Waals surface area contributed by atoms with Crippen molar-refractivity contribution in [2.45, 2.75) is 96.7 Å². The molecule has 4 unspecified atom stereocenters. The summed E-state index contributed by atoms with van der Waals surface area (Å²) < 4.78 is 33.3. The lowest BCUT2D eigenvalue weighted by Gasteiger charge is -2.46. The lowest BCUT2D eigenvalue weighted by molar-refractivity contribution is -0.0809. The van der Waals surface area contributed by atoms with Gasteiger partial charge in [0.25, 0.3) is 0 Å². The minimum absolute atomic E-state index is 0.0314. The van der Waals surface area contributed by atoms with Gasteiger partial charge in [-0.15, -0.1) is 0 Å². The molecule has 2 aromatic rings. The number of rotatable bonds is 7. The van der Waals surface area contributed by atoms with Crippen LogP contribution in [-0.2, 0) is 11.2 Å². The second-order valence-electron chi connectivity index (χ2n) is 12.5. The van der Waals surface area contributed by atoms with Crippen LogP contribution in [0, 0.1) is 17.0 Å². The Morgan fingerprint density at radius 2 is 1.84 bits per heavy atom. The van der Waals surface area contributed by atoms with Crippen LogP contribution in [0.15, 0.2) is 48.0 Å². The summed E-state index contributed by atoms with van der Waals surface area (Å²) in [6, 6.07) is 8.72. The van der Waals surface area contributed by atoms with Gasteiger partial charge in [-0.1, -0.05) is 37.6 Å². The molecule has 0 radical (unpaired) electrons. The summed E-state index contributed by atoms with van der Waals surface area (Å²) in [6.45, 7) is 8.60. The average molecular weight is 598 g/mol. The molecule has 1 saturated carbocycles. The van der Waals surface area contributed by atoms with Crippen molar-refractivity contribution >= 4 is 11.9 Å². The Hall–Kier alpha value is -3.10. The van der Waals surface area contributed by atoms with E-state index in [2.05, 4.69) is 13.0 Å². The number of ether oxygens (including phenoxy) is 1. The van der Waals surface area contributed by atoms with Crippen LogP contribution in [0.4, 0.5) is 13.6 Å². The van der Waals surface area contributed by atoms with E-state index in [-0.39, 0.29) is 24.6 Å². The number of ketones is 1. The number of allylic oxidation sites excluding steroid dienone is 2. The molecule has 0 aromatic heterocycles. The summed E-state index contributed by atoms with van der Waals surface area (Å²) in [4.78, 5) is 28.4. The summed E-state index contributed by atoms with van der Waals surface area (Å²) in [6.07, 6.45) is 5.68. The highest BCUT2D eigenvalue weighted by atomic mass is 19.2. The van der Waals surface area contributed by atoms with E-state index in [4.69, 9.17) is 4.74 Å². The molecule has 1 amide bonds. The van der Waals surface area contributed by atoms with Crippen LogP contribution < -0.4 is 0 Å². The van der Waals surface area contributed by atoms with Gasteiger partial charge in [0.1, 0.15) is 0 Å². The minimum atomic E-state index is -1.27. The van der Waals surface area contributed by atoms with Gasteiger partial charge in [-0.3, -0.25) is 4.79 Å². The van der Waals surface area contributed by atoms with Gasteiger partial charge in [-0.25, -0.2) is 13.6 Å². The predicted molar refractivity (Wildman–Crippen MR) is 162 cm³/mol. The Kier molecular flexibility index (Phi) is 10.4. The third kappa shape index (κ3) is 7.01. The molecule has 5 rings (SSSR count). The third-order valence-electron chi connectivity index (χ3n) is 9.57.